The first-order valence-corrected chi connectivity index (χ1v) is 11.8. The van der Waals surface area contributed by atoms with Crippen LogP contribution in [0.5, 0.6) is 0 Å². The van der Waals surface area contributed by atoms with Crippen molar-refractivity contribution in [2.24, 2.45) is 0 Å². The molecule has 1 amide bonds. The molecule has 29 heavy (non-hydrogen) atoms. The van der Waals surface area contributed by atoms with E-state index in [-0.39, 0.29) is 29.0 Å². The van der Waals surface area contributed by atoms with E-state index in [1.54, 1.807) is 6.07 Å². The number of benzene rings is 1. The van der Waals surface area contributed by atoms with Crippen LogP contribution < -0.4 is 11.1 Å². The van der Waals surface area contributed by atoms with Crippen molar-refractivity contribution in [1.82, 2.24) is 14.2 Å². The zero-order valence-electron chi connectivity index (χ0n) is 16.4. The molecule has 0 atom stereocenters. The summed E-state index contributed by atoms with van der Waals surface area (Å²) in [6.07, 6.45) is 7.90. The Bertz CT molecular complexity index is 1040. The monoisotopic (exact) mass is 421 g/mol. The van der Waals surface area contributed by atoms with Gasteiger partial charge in [0.1, 0.15) is 6.54 Å². The lowest BCUT2D eigenvalue weighted by molar-refractivity contribution is -0.122. The van der Waals surface area contributed by atoms with E-state index in [0.717, 1.165) is 51.4 Å². The number of fused-ring (bicyclic) bond motifs is 1. The van der Waals surface area contributed by atoms with E-state index in [4.69, 9.17) is 4.42 Å². The van der Waals surface area contributed by atoms with Crippen molar-refractivity contribution >= 4 is 27.0 Å². The first kappa shape index (κ1) is 20.2. The van der Waals surface area contributed by atoms with Crippen molar-refractivity contribution in [3.05, 3.63) is 28.7 Å². The van der Waals surface area contributed by atoms with Gasteiger partial charge in [-0.15, -0.1) is 0 Å². The van der Waals surface area contributed by atoms with Crippen molar-refractivity contribution in [3.8, 4) is 0 Å². The Morgan fingerprint density at radius 1 is 1.07 bits per heavy atom. The molecular weight excluding hydrogens is 394 g/mol. The topological polar surface area (TPSA) is 102 Å². The number of nitrogens with zero attached hydrogens (tertiary/aromatic N) is 2. The zero-order chi connectivity index (χ0) is 20.4. The molecule has 0 unspecified atom stereocenters. The highest BCUT2D eigenvalue weighted by Crippen LogP contribution is 2.24. The number of aromatic nitrogens is 1. The Hall–Kier alpha value is -2.13. The van der Waals surface area contributed by atoms with E-state index in [2.05, 4.69) is 5.32 Å². The number of hydrogen-bond donors (Lipinski definition) is 1. The third-order valence-corrected chi connectivity index (χ3v) is 7.76. The summed E-state index contributed by atoms with van der Waals surface area (Å²) < 4.78 is 34.0. The van der Waals surface area contributed by atoms with Gasteiger partial charge in [-0.05, 0) is 37.8 Å². The van der Waals surface area contributed by atoms with Gasteiger partial charge in [0.05, 0.1) is 10.4 Å². The van der Waals surface area contributed by atoms with E-state index in [0.29, 0.717) is 18.6 Å². The van der Waals surface area contributed by atoms with Crippen LogP contribution in [-0.2, 0) is 21.4 Å². The van der Waals surface area contributed by atoms with Crippen LogP contribution >= 0.6 is 0 Å². The second kappa shape index (κ2) is 8.31. The van der Waals surface area contributed by atoms with E-state index in [1.807, 2.05) is 0 Å². The molecule has 1 N–H and O–H groups in total. The van der Waals surface area contributed by atoms with Crippen LogP contribution in [0.3, 0.4) is 0 Å². The smallest absolute Gasteiger partial charge is 0.408 e. The van der Waals surface area contributed by atoms with Crippen LogP contribution in [0.4, 0.5) is 0 Å². The summed E-state index contributed by atoms with van der Waals surface area (Å²) in [5.41, 5.74) is 0.603. The third kappa shape index (κ3) is 4.25. The Morgan fingerprint density at radius 3 is 2.45 bits per heavy atom. The maximum absolute atomic E-state index is 13.0. The fraction of sp³-hybridized carbons (Fsp3) is 0.600. The van der Waals surface area contributed by atoms with Crippen molar-refractivity contribution in [1.29, 1.82) is 0 Å². The highest BCUT2D eigenvalue weighted by molar-refractivity contribution is 7.89. The molecule has 158 valence electrons. The van der Waals surface area contributed by atoms with Crippen LogP contribution in [0.2, 0.25) is 0 Å². The molecule has 2 aliphatic rings. The molecule has 1 saturated carbocycles. The molecule has 0 bridgehead atoms. The van der Waals surface area contributed by atoms with E-state index >= 15 is 0 Å². The quantitative estimate of drug-likeness (QED) is 0.798. The van der Waals surface area contributed by atoms with Crippen molar-refractivity contribution in [2.75, 3.05) is 13.1 Å². The zero-order valence-corrected chi connectivity index (χ0v) is 17.2. The van der Waals surface area contributed by atoms with Gasteiger partial charge < -0.3 is 9.73 Å². The van der Waals surface area contributed by atoms with Gasteiger partial charge in [-0.1, -0.05) is 25.7 Å². The van der Waals surface area contributed by atoms with E-state index in [1.165, 1.54) is 21.0 Å². The van der Waals surface area contributed by atoms with Gasteiger partial charge in [0.25, 0.3) is 0 Å². The van der Waals surface area contributed by atoms with Gasteiger partial charge in [0, 0.05) is 25.2 Å². The second-order valence-electron chi connectivity index (χ2n) is 7.95. The first-order chi connectivity index (χ1) is 13.9. The fourth-order valence-electron chi connectivity index (χ4n) is 4.28. The summed E-state index contributed by atoms with van der Waals surface area (Å²) in [6, 6.07) is 4.60. The Kier molecular flexibility index (Phi) is 5.78. The van der Waals surface area contributed by atoms with Gasteiger partial charge in [-0.3, -0.25) is 9.36 Å². The lowest BCUT2D eigenvalue weighted by Gasteiger charge is -2.19. The number of hydrogen-bond acceptors (Lipinski definition) is 5. The number of carbonyl (C=O) groups is 1. The average molecular weight is 422 g/mol. The summed E-state index contributed by atoms with van der Waals surface area (Å²) in [5, 5.41) is 2.95. The maximum atomic E-state index is 13.0. The standard InChI is InChI=1S/C20H27N3O5S/c24-19(21-15-7-3-4-8-15)14-23-17-10-9-16(13-18(17)28-20(23)25)29(26,27)22-11-5-1-2-6-12-22/h9-10,13,15H,1-8,11-12,14H2,(H,21,24). The number of amides is 1. The fourth-order valence-corrected chi connectivity index (χ4v) is 5.81. The number of oxazole rings is 1. The Labute approximate surface area is 169 Å². The summed E-state index contributed by atoms with van der Waals surface area (Å²) in [6.45, 7) is 0.875. The minimum absolute atomic E-state index is 0.114. The van der Waals surface area contributed by atoms with Gasteiger partial charge in [-0.25, -0.2) is 13.2 Å². The SMILES string of the molecule is O=C(Cn1c(=O)oc2cc(S(=O)(=O)N3CCCCCC3)ccc21)NC1CCCC1. The van der Waals surface area contributed by atoms with Crippen LogP contribution in [-0.4, -0.2) is 42.3 Å². The van der Waals surface area contributed by atoms with Gasteiger partial charge in [-0.2, -0.15) is 4.31 Å². The average Bonchev–Trinajstić information content (AvgIpc) is 3.19. The van der Waals surface area contributed by atoms with Crippen LogP contribution in [0.15, 0.2) is 32.3 Å². The number of nitrogens with one attached hydrogen (secondary N) is 1. The maximum Gasteiger partial charge on any atom is 0.420 e. The summed E-state index contributed by atoms with van der Waals surface area (Å²) in [4.78, 5) is 24.7. The predicted molar refractivity (Wildman–Crippen MR) is 108 cm³/mol. The largest absolute Gasteiger partial charge is 0.420 e. The summed E-state index contributed by atoms with van der Waals surface area (Å²) in [5.74, 6) is -0.895. The molecular formula is C20H27N3O5S. The molecule has 2 aromatic rings. The second-order valence-corrected chi connectivity index (χ2v) is 9.89. The van der Waals surface area contributed by atoms with Gasteiger partial charge >= 0.3 is 5.76 Å². The first-order valence-electron chi connectivity index (χ1n) is 10.4. The third-order valence-electron chi connectivity index (χ3n) is 5.86. The molecule has 1 saturated heterocycles. The molecule has 1 aromatic carbocycles. The molecule has 8 nitrogen and oxygen atoms in total. The number of carbonyl (C=O) groups excluding carboxylic acids is 1. The van der Waals surface area contributed by atoms with Crippen molar-refractivity contribution in [3.63, 3.8) is 0 Å². The summed E-state index contributed by atoms with van der Waals surface area (Å²) >= 11 is 0. The minimum Gasteiger partial charge on any atom is -0.408 e. The normalized spacial score (nSPS) is 19.4. The lowest BCUT2D eigenvalue weighted by atomic mass is 10.2. The highest BCUT2D eigenvalue weighted by atomic mass is 32.2. The van der Waals surface area contributed by atoms with Gasteiger partial charge in [0.15, 0.2) is 5.58 Å². The Morgan fingerprint density at radius 2 is 1.76 bits per heavy atom. The van der Waals surface area contributed by atoms with Gasteiger partial charge in [0.2, 0.25) is 15.9 Å². The molecule has 9 heteroatoms. The van der Waals surface area contributed by atoms with Crippen LogP contribution in [0, 0.1) is 0 Å². The molecule has 2 fully saturated rings. The van der Waals surface area contributed by atoms with Crippen molar-refractivity contribution < 1.29 is 17.6 Å². The minimum atomic E-state index is -3.64. The molecule has 1 aliphatic carbocycles. The molecule has 0 spiro atoms. The van der Waals surface area contributed by atoms with Crippen LogP contribution in [0.1, 0.15) is 51.4 Å². The van der Waals surface area contributed by atoms with E-state index in [9.17, 15) is 18.0 Å². The number of sulfonamides is 1. The highest BCUT2D eigenvalue weighted by Gasteiger charge is 2.26. The predicted octanol–water partition coefficient (Wildman–Crippen LogP) is 2.22. The van der Waals surface area contributed by atoms with Crippen LogP contribution in [0.25, 0.3) is 11.1 Å². The number of rotatable bonds is 5. The molecule has 1 aliphatic heterocycles. The molecule has 2 heterocycles. The Balaban J connectivity index is 1.57. The summed E-state index contributed by atoms with van der Waals surface area (Å²) in [7, 11) is -3.64. The molecule has 4 rings (SSSR count). The van der Waals surface area contributed by atoms with Crippen molar-refractivity contribution in [2.45, 2.75) is 68.8 Å². The lowest BCUT2D eigenvalue weighted by Crippen LogP contribution is -2.36. The molecule has 0 radical (unpaired) electrons. The molecule has 1 aromatic heterocycles. The van der Waals surface area contributed by atoms with E-state index < -0.39 is 15.8 Å².